The van der Waals surface area contributed by atoms with Crippen LogP contribution in [0, 0.1) is 3.57 Å². The Hall–Kier alpha value is -2.23. The molecule has 0 aliphatic rings. The van der Waals surface area contributed by atoms with Gasteiger partial charge in [-0.1, -0.05) is 53.8 Å². The number of thiazole rings is 1. The van der Waals surface area contributed by atoms with Gasteiger partial charge in [-0.3, -0.25) is 4.79 Å². The van der Waals surface area contributed by atoms with Crippen LogP contribution in [0.5, 0.6) is 5.75 Å². The number of benzene rings is 3. The lowest BCUT2D eigenvalue weighted by Gasteiger charge is -2.11. The Labute approximate surface area is 198 Å². The van der Waals surface area contributed by atoms with Gasteiger partial charge in [0.15, 0.2) is 4.96 Å². The van der Waals surface area contributed by atoms with E-state index in [9.17, 15) is 4.79 Å². The number of halogens is 2. The summed E-state index contributed by atoms with van der Waals surface area (Å²) in [6, 6.07) is 21.7. The summed E-state index contributed by atoms with van der Waals surface area (Å²) in [5.41, 5.74) is 3.68. The molecule has 0 radical (unpaired) electrons. The maximum absolute atomic E-state index is 13.0. The zero-order valence-electron chi connectivity index (χ0n) is 15.5. The van der Waals surface area contributed by atoms with Crippen LogP contribution in [0.2, 0.25) is 0 Å². The third-order valence-electron chi connectivity index (χ3n) is 4.69. The van der Waals surface area contributed by atoms with Gasteiger partial charge in [0.1, 0.15) is 12.4 Å². The van der Waals surface area contributed by atoms with E-state index in [1.54, 1.807) is 4.40 Å². The minimum atomic E-state index is -0.0424. The summed E-state index contributed by atoms with van der Waals surface area (Å²) >= 11 is 7.29. The Morgan fingerprint density at radius 3 is 2.67 bits per heavy atom. The molecule has 7 heteroatoms. The van der Waals surface area contributed by atoms with Crippen molar-refractivity contribution in [3.05, 3.63) is 101 Å². The maximum atomic E-state index is 13.0. The predicted octanol–water partition coefficient (Wildman–Crippen LogP) is 5.40. The van der Waals surface area contributed by atoms with Crippen LogP contribution in [-0.4, -0.2) is 9.38 Å². The second-order valence-corrected chi connectivity index (χ2v) is 9.75. The lowest BCUT2D eigenvalue weighted by atomic mass is 10.2. The first-order valence-electron chi connectivity index (χ1n) is 9.17. The normalized spacial score (nSPS) is 12.1. The third kappa shape index (κ3) is 3.66. The van der Waals surface area contributed by atoms with Gasteiger partial charge in [0.25, 0.3) is 5.56 Å². The van der Waals surface area contributed by atoms with Crippen LogP contribution >= 0.6 is 49.9 Å². The van der Waals surface area contributed by atoms with Crippen molar-refractivity contribution in [2.24, 2.45) is 0 Å². The highest BCUT2D eigenvalue weighted by Crippen LogP contribution is 2.33. The fraction of sp³-hybridized carbons (Fsp3) is 0.0435. The van der Waals surface area contributed by atoms with Gasteiger partial charge in [0.2, 0.25) is 0 Å². The van der Waals surface area contributed by atoms with Crippen LogP contribution in [0.25, 0.3) is 22.1 Å². The van der Waals surface area contributed by atoms with E-state index in [4.69, 9.17) is 4.74 Å². The van der Waals surface area contributed by atoms with E-state index in [2.05, 4.69) is 43.5 Å². The van der Waals surface area contributed by atoms with Crippen molar-refractivity contribution in [2.75, 3.05) is 0 Å². The Morgan fingerprint density at radius 2 is 1.87 bits per heavy atom. The Bertz CT molecular complexity index is 1470. The number of fused-ring (bicyclic) bond motifs is 3. The van der Waals surface area contributed by atoms with Crippen molar-refractivity contribution in [3.63, 3.8) is 0 Å². The van der Waals surface area contributed by atoms with Crippen LogP contribution < -0.4 is 14.8 Å². The summed E-state index contributed by atoms with van der Waals surface area (Å²) in [5, 5.41) is 0. The minimum Gasteiger partial charge on any atom is -0.487 e. The molecule has 0 spiro atoms. The quantitative estimate of drug-likeness (QED) is 0.264. The van der Waals surface area contributed by atoms with Crippen LogP contribution in [0.15, 0.2) is 76.0 Å². The molecular formula is C23H14BrIN2O2S. The lowest BCUT2D eigenvalue weighted by Crippen LogP contribution is -2.22. The Kier molecular flexibility index (Phi) is 5.34. The summed E-state index contributed by atoms with van der Waals surface area (Å²) in [7, 11) is 0. The van der Waals surface area contributed by atoms with Gasteiger partial charge in [0.05, 0.1) is 23.6 Å². The van der Waals surface area contributed by atoms with E-state index in [1.807, 2.05) is 72.8 Å². The summed E-state index contributed by atoms with van der Waals surface area (Å²) in [4.78, 5) is 18.3. The lowest BCUT2D eigenvalue weighted by molar-refractivity contribution is 0.302. The van der Waals surface area contributed by atoms with Gasteiger partial charge in [-0.15, -0.1) is 0 Å². The van der Waals surface area contributed by atoms with Crippen LogP contribution in [-0.2, 0) is 6.61 Å². The summed E-state index contributed by atoms with van der Waals surface area (Å²) in [5.74, 6) is 0.797. The van der Waals surface area contributed by atoms with Gasteiger partial charge in [0, 0.05) is 0 Å². The van der Waals surface area contributed by atoms with Crippen molar-refractivity contribution in [3.8, 4) is 5.75 Å². The van der Waals surface area contributed by atoms with Crippen molar-refractivity contribution in [1.82, 2.24) is 9.38 Å². The number of nitrogens with zero attached hydrogens (tertiary/aromatic N) is 2. The molecule has 5 rings (SSSR count). The van der Waals surface area contributed by atoms with Crippen LogP contribution in [0.4, 0.5) is 0 Å². The monoisotopic (exact) mass is 588 g/mol. The highest BCUT2D eigenvalue weighted by molar-refractivity contribution is 14.1. The molecule has 0 N–H and O–H groups in total. The van der Waals surface area contributed by atoms with E-state index in [1.165, 1.54) is 11.3 Å². The van der Waals surface area contributed by atoms with E-state index < -0.39 is 0 Å². The van der Waals surface area contributed by atoms with E-state index in [0.717, 1.165) is 36.0 Å². The smallest absolute Gasteiger partial charge is 0.274 e. The average Bonchev–Trinajstić information content (AvgIpc) is 3.24. The first-order valence-corrected chi connectivity index (χ1v) is 11.9. The summed E-state index contributed by atoms with van der Waals surface area (Å²) < 4.78 is 10.2. The Morgan fingerprint density at radius 1 is 1.10 bits per heavy atom. The summed E-state index contributed by atoms with van der Waals surface area (Å²) in [6.45, 7) is 0.498. The standard InChI is InChI=1S/C23H14BrIN2O2S/c24-16-10-15(11-17(25)21(16)29-13-14-6-2-1-3-7-14)12-20-22(28)27-19-9-5-4-8-18(19)26-23(27)30-20/h1-12H,13H2/b20-12-. The number of hydrogen-bond donors (Lipinski definition) is 0. The first-order chi connectivity index (χ1) is 14.6. The van der Waals surface area contributed by atoms with Crippen LogP contribution in [0.1, 0.15) is 11.1 Å². The average molecular weight is 589 g/mol. The molecule has 0 bridgehead atoms. The molecule has 0 aliphatic carbocycles. The van der Waals surface area contributed by atoms with E-state index >= 15 is 0 Å². The number of para-hydroxylation sites is 2. The maximum Gasteiger partial charge on any atom is 0.274 e. The molecule has 2 heterocycles. The molecule has 0 atom stereocenters. The molecule has 0 amide bonds. The zero-order valence-corrected chi connectivity index (χ0v) is 20.1. The SMILES string of the molecule is O=c1/c(=C/c2cc(Br)c(OCc3ccccc3)c(I)c2)sc2nc3ccccc3n12. The van der Waals surface area contributed by atoms with Crippen molar-refractivity contribution < 1.29 is 4.74 Å². The number of hydrogen-bond acceptors (Lipinski definition) is 4. The molecule has 0 fully saturated rings. The molecule has 0 unspecified atom stereocenters. The fourth-order valence-electron chi connectivity index (χ4n) is 3.29. The van der Waals surface area contributed by atoms with Crippen molar-refractivity contribution in [1.29, 1.82) is 0 Å². The van der Waals surface area contributed by atoms with Gasteiger partial charge in [-0.05, 0) is 80.0 Å². The zero-order chi connectivity index (χ0) is 20.7. The molecule has 3 aromatic carbocycles. The van der Waals surface area contributed by atoms with Crippen molar-refractivity contribution >= 4 is 71.9 Å². The first kappa shape index (κ1) is 19.7. The molecular weight excluding hydrogens is 575 g/mol. The number of ether oxygens (including phenoxy) is 1. The Balaban J connectivity index is 1.51. The second-order valence-electron chi connectivity index (χ2n) is 6.72. The molecule has 2 aromatic heterocycles. The van der Waals surface area contributed by atoms with Crippen LogP contribution in [0.3, 0.4) is 0 Å². The number of aromatic nitrogens is 2. The van der Waals surface area contributed by atoms with Gasteiger partial charge >= 0.3 is 0 Å². The molecule has 0 saturated heterocycles. The molecule has 0 saturated carbocycles. The largest absolute Gasteiger partial charge is 0.487 e. The van der Waals surface area contributed by atoms with E-state index in [0.29, 0.717) is 16.1 Å². The predicted molar refractivity (Wildman–Crippen MR) is 133 cm³/mol. The number of rotatable bonds is 4. The minimum absolute atomic E-state index is 0.0424. The third-order valence-corrected chi connectivity index (χ3v) is 7.05. The number of imidazole rings is 1. The molecule has 0 aliphatic heterocycles. The van der Waals surface area contributed by atoms with Crippen molar-refractivity contribution in [2.45, 2.75) is 6.61 Å². The second kappa shape index (κ2) is 8.13. The molecule has 148 valence electrons. The van der Waals surface area contributed by atoms with Gasteiger partial charge < -0.3 is 4.74 Å². The van der Waals surface area contributed by atoms with E-state index in [-0.39, 0.29) is 5.56 Å². The topological polar surface area (TPSA) is 43.6 Å². The van der Waals surface area contributed by atoms with Gasteiger partial charge in [-0.2, -0.15) is 0 Å². The molecule has 5 aromatic rings. The molecule has 4 nitrogen and oxygen atoms in total. The highest BCUT2D eigenvalue weighted by atomic mass is 127. The van der Waals surface area contributed by atoms with Gasteiger partial charge in [-0.25, -0.2) is 9.38 Å². The highest BCUT2D eigenvalue weighted by Gasteiger charge is 2.12. The molecule has 30 heavy (non-hydrogen) atoms. The fourth-order valence-corrected chi connectivity index (χ4v) is 6.05. The summed E-state index contributed by atoms with van der Waals surface area (Å²) in [6.07, 6.45) is 1.91.